The fourth-order valence-corrected chi connectivity index (χ4v) is 2.68. The molecule has 3 aromatic rings. The zero-order valence-corrected chi connectivity index (χ0v) is 10.1. The predicted octanol–water partition coefficient (Wildman–Crippen LogP) is 3.83. The lowest BCUT2D eigenvalue weighted by atomic mass is 10.1. The van der Waals surface area contributed by atoms with E-state index in [4.69, 9.17) is 4.42 Å². The Balaban J connectivity index is 2.30. The molecule has 0 saturated carbocycles. The van der Waals surface area contributed by atoms with Crippen LogP contribution in [0.25, 0.3) is 21.4 Å². The molecule has 0 amide bonds. The number of hydrogen-bond acceptors (Lipinski definition) is 3. The highest BCUT2D eigenvalue weighted by Crippen LogP contribution is 2.27. The van der Waals surface area contributed by atoms with Gasteiger partial charge in [-0.1, -0.05) is 18.2 Å². The molecule has 2 heterocycles. The van der Waals surface area contributed by atoms with Crippen molar-refractivity contribution in [2.45, 2.75) is 6.92 Å². The number of fused-ring (bicyclic) bond motifs is 1. The normalized spacial score (nSPS) is 10.9. The first-order chi connectivity index (χ1) is 8.24. The van der Waals surface area contributed by atoms with Crippen LogP contribution in [0.4, 0.5) is 0 Å². The summed E-state index contributed by atoms with van der Waals surface area (Å²) in [6.45, 7) is 2.02. The summed E-state index contributed by atoms with van der Waals surface area (Å²) in [6, 6.07) is 13.4. The Morgan fingerprint density at radius 1 is 1.12 bits per heavy atom. The molecule has 2 aromatic heterocycles. The molecule has 3 rings (SSSR count). The lowest BCUT2D eigenvalue weighted by molar-refractivity contribution is 0.564. The molecule has 2 nitrogen and oxygen atoms in total. The SMILES string of the molecule is Cc1ccc(-c2cc3ccccc3oc2=O)s1. The van der Waals surface area contributed by atoms with Crippen LogP contribution < -0.4 is 5.63 Å². The summed E-state index contributed by atoms with van der Waals surface area (Å²) in [4.78, 5) is 14.0. The fraction of sp³-hybridized carbons (Fsp3) is 0.0714. The van der Waals surface area contributed by atoms with Crippen molar-refractivity contribution in [3.8, 4) is 10.4 Å². The molecule has 0 aliphatic rings. The predicted molar refractivity (Wildman–Crippen MR) is 70.5 cm³/mol. The van der Waals surface area contributed by atoms with E-state index in [-0.39, 0.29) is 5.63 Å². The van der Waals surface area contributed by atoms with E-state index >= 15 is 0 Å². The molecule has 0 bridgehead atoms. The minimum Gasteiger partial charge on any atom is -0.422 e. The molecule has 0 atom stereocenters. The molecule has 84 valence electrons. The van der Waals surface area contributed by atoms with Gasteiger partial charge in [0.05, 0.1) is 5.56 Å². The molecule has 17 heavy (non-hydrogen) atoms. The van der Waals surface area contributed by atoms with Crippen molar-refractivity contribution >= 4 is 22.3 Å². The van der Waals surface area contributed by atoms with Crippen molar-refractivity contribution in [3.05, 3.63) is 57.8 Å². The van der Waals surface area contributed by atoms with E-state index in [1.807, 2.05) is 43.3 Å². The Kier molecular flexibility index (Phi) is 2.34. The maximum Gasteiger partial charge on any atom is 0.345 e. The number of rotatable bonds is 1. The third-order valence-corrected chi connectivity index (χ3v) is 3.68. The second-order valence-electron chi connectivity index (χ2n) is 3.90. The fourth-order valence-electron chi connectivity index (χ4n) is 1.81. The maximum absolute atomic E-state index is 11.9. The molecule has 0 spiro atoms. The molecular weight excluding hydrogens is 232 g/mol. The van der Waals surface area contributed by atoms with Crippen molar-refractivity contribution in [1.29, 1.82) is 0 Å². The van der Waals surface area contributed by atoms with Crippen LogP contribution in [-0.2, 0) is 0 Å². The zero-order valence-electron chi connectivity index (χ0n) is 9.27. The molecule has 0 unspecified atom stereocenters. The molecule has 0 fully saturated rings. The number of benzene rings is 1. The minimum absolute atomic E-state index is 0.273. The summed E-state index contributed by atoms with van der Waals surface area (Å²) >= 11 is 1.60. The summed E-state index contributed by atoms with van der Waals surface area (Å²) in [6.07, 6.45) is 0. The Morgan fingerprint density at radius 3 is 2.71 bits per heavy atom. The van der Waals surface area contributed by atoms with Gasteiger partial charge in [0.1, 0.15) is 5.58 Å². The molecular formula is C14H10O2S. The van der Waals surface area contributed by atoms with Gasteiger partial charge < -0.3 is 4.42 Å². The highest BCUT2D eigenvalue weighted by atomic mass is 32.1. The third kappa shape index (κ3) is 1.78. The second kappa shape index (κ2) is 3.86. The van der Waals surface area contributed by atoms with Gasteiger partial charge >= 0.3 is 5.63 Å². The topological polar surface area (TPSA) is 30.2 Å². The minimum atomic E-state index is -0.273. The van der Waals surface area contributed by atoms with E-state index < -0.39 is 0 Å². The number of thiophene rings is 1. The first-order valence-electron chi connectivity index (χ1n) is 5.34. The smallest absolute Gasteiger partial charge is 0.345 e. The van der Waals surface area contributed by atoms with Crippen molar-refractivity contribution < 1.29 is 4.42 Å². The Labute approximate surface area is 102 Å². The summed E-state index contributed by atoms with van der Waals surface area (Å²) in [5.74, 6) is 0. The first-order valence-corrected chi connectivity index (χ1v) is 6.15. The zero-order chi connectivity index (χ0) is 11.8. The van der Waals surface area contributed by atoms with Gasteiger partial charge in [0.2, 0.25) is 0 Å². The van der Waals surface area contributed by atoms with Crippen LogP contribution in [0.1, 0.15) is 4.88 Å². The van der Waals surface area contributed by atoms with Gasteiger partial charge in [-0.15, -0.1) is 11.3 Å². The van der Waals surface area contributed by atoms with Crippen LogP contribution in [0.15, 0.2) is 51.7 Å². The monoisotopic (exact) mass is 242 g/mol. The van der Waals surface area contributed by atoms with Crippen molar-refractivity contribution in [2.75, 3.05) is 0 Å². The highest BCUT2D eigenvalue weighted by Gasteiger charge is 2.08. The Hall–Kier alpha value is -1.87. The quantitative estimate of drug-likeness (QED) is 0.607. The van der Waals surface area contributed by atoms with Gasteiger partial charge in [0.15, 0.2) is 0 Å². The highest BCUT2D eigenvalue weighted by molar-refractivity contribution is 7.15. The van der Waals surface area contributed by atoms with Gasteiger partial charge in [0, 0.05) is 15.1 Å². The van der Waals surface area contributed by atoms with E-state index in [9.17, 15) is 4.79 Å². The standard InChI is InChI=1S/C14H10O2S/c1-9-6-7-13(17-9)11-8-10-4-2-3-5-12(10)16-14(11)15/h2-8H,1H3. The van der Waals surface area contributed by atoms with E-state index in [0.29, 0.717) is 11.1 Å². The number of aryl methyl sites for hydroxylation is 1. The largest absolute Gasteiger partial charge is 0.422 e. The van der Waals surface area contributed by atoms with Crippen molar-refractivity contribution in [3.63, 3.8) is 0 Å². The van der Waals surface area contributed by atoms with E-state index in [1.165, 1.54) is 4.88 Å². The lowest BCUT2D eigenvalue weighted by Crippen LogP contribution is -2.01. The molecule has 0 aliphatic carbocycles. The summed E-state index contributed by atoms with van der Waals surface area (Å²) in [5.41, 5.74) is 1.00. The maximum atomic E-state index is 11.9. The van der Waals surface area contributed by atoms with Gasteiger partial charge in [-0.3, -0.25) is 0 Å². The second-order valence-corrected chi connectivity index (χ2v) is 5.18. The van der Waals surface area contributed by atoms with Crippen LogP contribution in [-0.4, -0.2) is 0 Å². The van der Waals surface area contributed by atoms with Crippen LogP contribution in [0.3, 0.4) is 0 Å². The average molecular weight is 242 g/mol. The van der Waals surface area contributed by atoms with E-state index in [2.05, 4.69) is 0 Å². The Morgan fingerprint density at radius 2 is 1.94 bits per heavy atom. The van der Waals surface area contributed by atoms with E-state index in [1.54, 1.807) is 17.4 Å². The third-order valence-electron chi connectivity index (χ3n) is 2.65. The summed E-state index contributed by atoms with van der Waals surface area (Å²) in [5, 5.41) is 0.952. The Bertz CT molecular complexity index is 737. The molecule has 0 N–H and O–H groups in total. The molecule has 0 aliphatic heterocycles. The van der Waals surface area contributed by atoms with Crippen molar-refractivity contribution in [2.24, 2.45) is 0 Å². The number of para-hydroxylation sites is 1. The first kappa shape index (κ1) is 10.3. The van der Waals surface area contributed by atoms with E-state index in [0.717, 1.165) is 10.3 Å². The van der Waals surface area contributed by atoms with Gasteiger partial charge in [-0.25, -0.2) is 4.79 Å². The molecule has 0 radical (unpaired) electrons. The van der Waals surface area contributed by atoms with Gasteiger partial charge in [-0.2, -0.15) is 0 Å². The molecule has 0 saturated heterocycles. The van der Waals surface area contributed by atoms with Gasteiger partial charge in [0.25, 0.3) is 0 Å². The van der Waals surface area contributed by atoms with Crippen LogP contribution in [0, 0.1) is 6.92 Å². The lowest BCUT2D eigenvalue weighted by Gasteiger charge is -1.99. The number of hydrogen-bond donors (Lipinski definition) is 0. The van der Waals surface area contributed by atoms with Crippen LogP contribution in [0.5, 0.6) is 0 Å². The summed E-state index contributed by atoms with van der Waals surface area (Å²) < 4.78 is 5.31. The molecule has 3 heteroatoms. The summed E-state index contributed by atoms with van der Waals surface area (Å²) in [7, 11) is 0. The van der Waals surface area contributed by atoms with Crippen molar-refractivity contribution in [1.82, 2.24) is 0 Å². The van der Waals surface area contributed by atoms with Gasteiger partial charge in [-0.05, 0) is 31.2 Å². The van der Waals surface area contributed by atoms with Crippen LogP contribution in [0.2, 0.25) is 0 Å². The van der Waals surface area contributed by atoms with Crippen LogP contribution >= 0.6 is 11.3 Å². The molecule has 1 aromatic carbocycles. The average Bonchev–Trinajstić information content (AvgIpc) is 2.75.